The lowest BCUT2D eigenvalue weighted by atomic mass is 9.87. The third-order valence-corrected chi connectivity index (χ3v) is 3.20. The summed E-state index contributed by atoms with van der Waals surface area (Å²) in [4.78, 5) is 0. The zero-order valence-electron chi connectivity index (χ0n) is 8.92. The van der Waals surface area contributed by atoms with Crippen molar-refractivity contribution < 1.29 is 5.11 Å². The molecule has 0 amide bonds. The average molecular weight is 185 g/mol. The molecule has 0 heterocycles. The van der Waals surface area contributed by atoms with Crippen LogP contribution in [0.5, 0.6) is 0 Å². The summed E-state index contributed by atoms with van der Waals surface area (Å²) in [5.41, 5.74) is 0. The van der Waals surface area contributed by atoms with Crippen LogP contribution < -0.4 is 5.32 Å². The summed E-state index contributed by atoms with van der Waals surface area (Å²) in [5.74, 6) is 0.909. The van der Waals surface area contributed by atoms with Crippen molar-refractivity contribution >= 4 is 0 Å². The van der Waals surface area contributed by atoms with Crippen LogP contribution in [0, 0.1) is 5.92 Å². The molecule has 0 aliphatic heterocycles. The van der Waals surface area contributed by atoms with Gasteiger partial charge in [0.15, 0.2) is 0 Å². The summed E-state index contributed by atoms with van der Waals surface area (Å²) < 4.78 is 0. The van der Waals surface area contributed by atoms with E-state index in [1.165, 1.54) is 25.7 Å². The van der Waals surface area contributed by atoms with Crippen LogP contribution in [-0.2, 0) is 0 Å². The molecule has 2 nitrogen and oxygen atoms in total. The molecule has 1 aliphatic rings. The molecule has 1 aliphatic carbocycles. The topological polar surface area (TPSA) is 32.3 Å². The minimum atomic E-state index is 0.280. The monoisotopic (exact) mass is 185 g/mol. The number of hydrogen-bond acceptors (Lipinski definition) is 2. The molecule has 1 saturated carbocycles. The highest BCUT2D eigenvalue weighted by Crippen LogP contribution is 2.23. The Morgan fingerprint density at radius 3 is 2.38 bits per heavy atom. The lowest BCUT2D eigenvalue weighted by Crippen LogP contribution is -2.41. The number of nitrogens with one attached hydrogen (secondary N) is 1. The van der Waals surface area contributed by atoms with E-state index in [2.05, 4.69) is 19.2 Å². The third kappa shape index (κ3) is 3.65. The minimum Gasteiger partial charge on any atom is -0.395 e. The van der Waals surface area contributed by atoms with Crippen LogP contribution in [0.4, 0.5) is 0 Å². The van der Waals surface area contributed by atoms with E-state index >= 15 is 0 Å². The second-order valence-electron chi connectivity index (χ2n) is 4.41. The fourth-order valence-corrected chi connectivity index (χ4v) is 2.06. The van der Waals surface area contributed by atoms with E-state index in [4.69, 9.17) is 5.11 Å². The van der Waals surface area contributed by atoms with Crippen LogP contribution in [-0.4, -0.2) is 23.8 Å². The van der Waals surface area contributed by atoms with Crippen LogP contribution >= 0.6 is 0 Å². The zero-order valence-corrected chi connectivity index (χ0v) is 8.92. The van der Waals surface area contributed by atoms with E-state index in [0.717, 1.165) is 12.3 Å². The van der Waals surface area contributed by atoms with Gasteiger partial charge in [0.05, 0.1) is 6.61 Å². The fraction of sp³-hybridized carbons (Fsp3) is 1.00. The molecule has 0 radical (unpaired) electrons. The van der Waals surface area contributed by atoms with Gasteiger partial charge in [-0.1, -0.05) is 13.8 Å². The summed E-state index contributed by atoms with van der Waals surface area (Å²) in [7, 11) is 0. The summed E-state index contributed by atoms with van der Waals surface area (Å²) >= 11 is 0. The minimum absolute atomic E-state index is 0.280. The molecule has 0 aromatic heterocycles. The molecule has 1 unspecified atom stereocenters. The quantitative estimate of drug-likeness (QED) is 0.701. The summed E-state index contributed by atoms with van der Waals surface area (Å²) in [6, 6.07) is 0.978. The van der Waals surface area contributed by atoms with E-state index in [-0.39, 0.29) is 6.61 Å². The van der Waals surface area contributed by atoms with Crippen molar-refractivity contribution in [3.05, 3.63) is 0 Å². The molecule has 2 heteroatoms. The first-order valence-electron chi connectivity index (χ1n) is 5.63. The maximum Gasteiger partial charge on any atom is 0.0584 e. The normalized spacial score (nSPS) is 31.6. The van der Waals surface area contributed by atoms with E-state index in [1.54, 1.807) is 0 Å². The smallest absolute Gasteiger partial charge is 0.0584 e. The second kappa shape index (κ2) is 5.61. The van der Waals surface area contributed by atoms with Gasteiger partial charge >= 0.3 is 0 Å². The van der Waals surface area contributed by atoms with Crippen molar-refractivity contribution in [1.82, 2.24) is 5.32 Å². The maximum atomic E-state index is 9.05. The van der Waals surface area contributed by atoms with Gasteiger partial charge in [-0.2, -0.15) is 0 Å². The Hall–Kier alpha value is -0.0800. The third-order valence-electron chi connectivity index (χ3n) is 3.20. The highest BCUT2D eigenvalue weighted by molar-refractivity contribution is 4.78. The average Bonchev–Trinajstić information content (AvgIpc) is 2.17. The molecule has 1 fully saturated rings. The SMILES string of the molecule is CCC(CO)NC1CCC(C)CC1. The molecule has 0 saturated heterocycles. The van der Waals surface area contributed by atoms with Crippen molar-refractivity contribution in [1.29, 1.82) is 0 Å². The van der Waals surface area contributed by atoms with Crippen LogP contribution in [0.2, 0.25) is 0 Å². The maximum absolute atomic E-state index is 9.05. The number of aliphatic hydroxyl groups is 1. The molecular formula is C11H23NO. The first-order valence-corrected chi connectivity index (χ1v) is 5.63. The Morgan fingerprint density at radius 2 is 1.92 bits per heavy atom. The highest BCUT2D eigenvalue weighted by atomic mass is 16.3. The van der Waals surface area contributed by atoms with Gasteiger partial charge < -0.3 is 10.4 Å². The molecule has 2 N–H and O–H groups in total. The van der Waals surface area contributed by atoms with Gasteiger partial charge in [0.1, 0.15) is 0 Å². The first kappa shape index (κ1) is 11.0. The van der Waals surface area contributed by atoms with E-state index in [0.29, 0.717) is 12.1 Å². The molecule has 78 valence electrons. The molecule has 13 heavy (non-hydrogen) atoms. The predicted octanol–water partition coefficient (Wildman–Crippen LogP) is 1.93. The largest absolute Gasteiger partial charge is 0.395 e. The van der Waals surface area contributed by atoms with Crippen molar-refractivity contribution in [3.63, 3.8) is 0 Å². The summed E-state index contributed by atoms with van der Waals surface area (Å²) in [6.45, 7) is 4.74. The number of rotatable bonds is 4. The standard InChI is InChI=1S/C11H23NO/c1-3-10(8-13)12-11-6-4-9(2)5-7-11/h9-13H,3-8H2,1-2H3. The van der Waals surface area contributed by atoms with Crippen LogP contribution in [0.15, 0.2) is 0 Å². The molecule has 0 aromatic rings. The molecule has 1 rings (SSSR count). The highest BCUT2D eigenvalue weighted by Gasteiger charge is 2.19. The van der Waals surface area contributed by atoms with Gasteiger partial charge in [0.25, 0.3) is 0 Å². The van der Waals surface area contributed by atoms with E-state index < -0.39 is 0 Å². The van der Waals surface area contributed by atoms with E-state index in [9.17, 15) is 0 Å². The van der Waals surface area contributed by atoms with Crippen molar-refractivity contribution in [2.75, 3.05) is 6.61 Å². The number of aliphatic hydroxyl groups excluding tert-OH is 1. The Bertz CT molecular complexity index is 126. The van der Waals surface area contributed by atoms with Crippen molar-refractivity contribution in [2.24, 2.45) is 5.92 Å². The summed E-state index contributed by atoms with van der Waals surface area (Å²) in [5, 5.41) is 12.6. The lowest BCUT2D eigenvalue weighted by Gasteiger charge is -2.29. The molecular weight excluding hydrogens is 162 g/mol. The van der Waals surface area contributed by atoms with Gasteiger partial charge in [-0.3, -0.25) is 0 Å². The fourth-order valence-electron chi connectivity index (χ4n) is 2.06. The van der Waals surface area contributed by atoms with Crippen molar-refractivity contribution in [2.45, 2.75) is 58.0 Å². The Labute approximate surface area is 81.7 Å². The molecule has 0 aromatic carbocycles. The van der Waals surface area contributed by atoms with Gasteiger partial charge in [-0.15, -0.1) is 0 Å². The predicted molar refractivity (Wildman–Crippen MR) is 55.7 cm³/mol. The summed E-state index contributed by atoms with van der Waals surface area (Å²) in [6.07, 6.45) is 6.30. The second-order valence-corrected chi connectivity index (χ2v) is 4.41. The first-order chi connectivity index (χ1) is 6.26. The Kier molecular flexibility index (Phi) is 4.74. The Morgan fingerprint density at radius 1 is 1.31 bits per heavy atom. The van der Waals surface area contributed by atoms with Gasteiger partial charge in [0, 0.05) is 12.1 Å². The molecule has 0 spiro atoms. The van der Waals surface area contributed by atoms with Crippen molar-refractivity contribution in [3.8, 4) is 0 Å². The van der Waals surface area contributed by atoms with E-state index in [1.807, 2.05) is 0 Å². The lowest BCUT2D eigenvalue weighted by molar-refractivity contribution is 0.206. The van der Waals surface area contributed by atoms with Gasteiger partial charge in [-0.25, -0.2) is 0 Å². The Balaban J connectivity index is 2.21. The molecule has 0 bridgehead atoms. The van der Waals surface area contributed by atoms with Crippen LogP contribution in [0.3, 0.4) is 0 Å². The van der Waals surface area contributed by atoms with Crippen LogP contribution in [0.25, 0.3) is 0 Å². The van der Waals surface area contributed by atoms with Gasteiger partial charge in [0.2, 0.25) is 0 Å². The van der Waals surface area contributed by atoms with Crippen LogP contribution in [0.1, 0.15) is 46.0 Å². The zero-order chi connectivity index (χ0) is 9.68. The number of hydrogen-bond donors (Lipinski definition) is 2. The van der Waals surface area contributed by atoms with Gasteiger partial charge in [-0.05, 0) is 38.0 Å². The molecule has 1 atom stereocenters.